The van der Waals surface area contributed by atoms with Crippen LogP contribution in [0, 0.1) is 6.92 Å². The van der Waals surface area contributed by atoms with Gasteiger partial charge in [0, 0.05) is 25.1 Å². The number of hydrogen-bond acceptors (Lipinski definition) is 5. The second-order valence-electron chi connectivity index (χ2n) is 6.86. The Kier molecular flexibility index (Phi) is 4.22. The van der Waals surface area contributed by atoms with Gasteiger partial charge in [-0.05, 0) is 53.3 Å². The lowest BCUT2D eigenvalue weighted by Gasteiger charge is -2.15. The SMILES string of the molecule is COc1cc(C(=CC(=O)O)c2ccc(C)c3c2CCC3=O)cc2nnn(C)c12. The molecule has 0 fully saturated rings. The van der Waals surface area contributed by atoms with Gasteiger partial charge >= 0.3 is 5.97 Å². The smallest absolute Gasteiger partial charge is 0.328 e. The summed E-state index contributed by atoms with van der Waals surface area (Å²) in [6, 6.07) is 7.33. The summed E-state index contributed by atoms with van der Waals surface area (Å²) < 4.78 is 7.11. The molecule has 3 aromatic rings. The van der Waals surface area contributed by atoms with Gasteiger partial charge in [-0.3, -0.25) is 4.79 Å². The van der Waals surface area contributed by atoms with Crippen LogP contribution in [0.25, 0.3) is 16.6 Å². The predicted octanol–water partition coefficient (Wildman–Crippen LogP) is 2.93. The molecule has 0 bridgehead atoms. The molecule has 1 heterocycles. The summed E-state index contributed by atoms with van der Waals surface area (Å²) in [7, 11) is 3.32. The van der Waals surface area contributed by atoms with E-state index in [0.29, 0.717) is 40.8 Å². The molecule has 0 amide bonds. The number of carboxylic acid groups (broad SMARTS) is 1. The first-order chi connectivity index (χ1) is 13.4. The van der Waals surface area contributed by atoms with Crippen LogP contribution in [0.2, 0.25) is 0 Å². The third-order valence-electron chi connectivity index (χ3n) is 5.16. The maximum absolute atomic E-state index is 12.3. The summed E-state index contributed by atoms with van der Waals surface area (Å²) in [6.07, 6.45) is 2.22. The number of methoxy groups -OCH3 is 1. The molecule has 142 valence electrons. The third kappa shape index (κ3) is 2.76. The number of ether oxygens (including phenoxy) is 1. The van der Waals surface area contributed by atoms with Crippen LogP contribution in [0.4, 0.5) is 0 Å². The summed E-state index contributed by atoms with van der Waals surface area (Å²) in [5.74, 6) is -0.408. The molecule has 4 rings (SSSR count). The van der Waals surface area contributed by atoms with Crippen LogP contribution in [0.5, 0.6) is 5.75 Å². The topological polar surface area (TPSA) is 94.3 Å². The van der Waals surface area contributed by atoms with Gasteiger partial charge in [-0.1, -0.05) is 17.3 Å². The number of aryl methyl sites for hydroxylation is 2. The molecule has 0 radical (unpaired) electrons. The van der Waals surface area contributed by atoms with Gasteiger partial charge < -0.3 is 9.84 Å². The Bertz CT molecular complexity index is 1170. The first-order valence-corrected chi connectivity index (χ1v) is 8.89. The first-order valence-electron chi connectivity index (χ1n) is 8.89. The molecule has 1 aliphatic carbocycles. The van der Waals surface area contributed by atoms with Crippen molar-refractivity contribution >= 4 is 28.4 Å². The molecule has 1 aliphatic rings. The second kappa shape index (κ2) is 6.60. The highest BCUT2D eigenvalue weighted by molar-refractivity contribution is 6.05. The molecule has 7 heteroatoms. The summed E-state index contributed by atoms with van der Waals surface area (Å²) in [4.78, 5) is 23.9. The van der Waals surface area contributed by atoms with Gasteiger partial charge in [0.25, 0.3) is 0 Å². The molecule has 7 nitrogen and oxygen atoms in total. The van der Waals surface area contributed by atoms with Gasteiger partial charge in [0.2, 0.25) is 0 Å². The Morgan fingerprint density at radius 2 is 2.07 bits per heavy atom. The summed E-state index contributed by atoms with van der Waals surface area (Å²) in [5, 5.41) is 17.7. The van der Waals surface area contributed by atoms with Crippen LogP contribution in [0.1, 0.15) is 39.0 Å². The molecule has 1 aromatic heterocycles. The van der Waals surface area contributed by atoms with Crippen molar-refractivity contribution in [1.29, 1.82) is 0 Å². The Hall–Kier alpha value is -3.48. The minimum atomic E-state index is -1.06. The van der Waals surface area contributed by atoms with Crippen molar-refractivity contribution in [2.45, 2.75) is 19.8 Å². The van der Waals surface area contributed by atoms with Crippen LogP contribution >= 0.6 is 0 Å². The number of aromatic nitrogens is 3. The van der Waals surface area contributed by atoms with Crippen molar-refractivity contribution in [3.05, 3.63) is 58.2 Å². The minimum Gasteiger partial charge on any atom is -0.494 e. The maximum Gasteiger partial charge on any atom is 0.328 e. The zero-order chi connectivity index (χ0) is 20.0. The molecule has 0 atom stereocenters. The fourth-order valence-corrected chi connectivity index (χ4v) is 3.93. The van der Waals surface area contributed by atoms with E-state index >= 15 is 0 Å². The van der Waals surface area contributed by atoms with Crippen molar-refractivity contribution in [3.63, 3.8) is 0 Å². The number of fused-ring (bicyclic) bond motifs is 2. The van der Waals surface area contributed by atoms with E-state index in [0.717, 1.165) is 22.2 Å². The van der Waals surface area contributed by atoms with E-state index < -0.39 is 5.97 Å². The fourth-order valence-electron chi connectivity index (χ4n) is 3.93. The highest BCUT2D eigenvalue weighted by Gasteiger charge is 2.26. The van der Waals surface area contributed by atoms with Crippen molar-refractivity contribution < 1.29 is 19.4 Å². The molecule has 0 saturated carbocycles. The van der Waals surface area contributed by atoms with Crippen LogP contribution < -0.4 is 4.74 Å². The van der Waals surface area contributed by atoms with Gasteiger partial charge in [0.15, 0.2) is 5.78 Å². The Morgan fingerprint density at radius 1 is 1.29 bits per heavy atom. The van der Waals surface area contributed by atoms with Gasteiger partial charge in [-0.15, -0.1) is 5.10 Å². The van der Waals surface area contributed by atoms with Crippen molar-refractivity contribution in [2.75, 3.05) is 7.11 Å². The lowest BCUT2D eigenvalue weighted by Crippen LogP contribution is -2.02. The highest BCUT2D eigenvalue weighted by Crippen LogP contribution is 2.37. The minimum absolute atomic E-state index is 0.103. The quantitative estimate of drug-likeness (QED) is 0.703. The number of carbonyl (C=O) groups excluding carboxylic acids is 1. The van der Waals surface area contributed by atoms with Gasteiger partial charge in [-0.2, -0.15) is 0 Å². The van der Waals surface area contributed by atoms with Gasteiger partial charge in [-0.25, -0.2) is 9.48 Å². The van der Waals surface area contributed by atoms with Gasteiger partial charge in [0.1, 0.15) is 16.8 Å². The summed E-state index contributed by atoms with van der Waals surface area (Å²) in [5.41, 5.74) is 5.77. The molecular formula is C21H19N3O4. The number of Topliss-reactive ketones (excluding diaryl/α,β-unsaturated/α-hetero) is 1. The van der Waals surface area contributed by atoms with E-state index in [2.05, 4.69) is 10.3 Å². The third-order valence-corrected chi connectivity index (χ3v) is 5.16. The number of rotatable bonds is 4. The van der Waals surface area contributed by atoms with Crippen molar-refractivity contribution in [1.82, 2.24) is 15.0 Å². The van der Waals surface area contributed by atoms with E-state index in [4.69, 9.17) is 4.74 Å². The van der Waals surface area contributed by atoms with Crippen LogP contribution in [0.15, 0.2) is 30.3 Å². The molecule has 0 unspecified atom stereocenters. The zero-order valence-corrected chi connectivity index (χ0v) is 15.8. The van der Waals surface area contributed by atoms with E-state index in [9.17, 15) is 14.7 Å². The Balaban J connectivity index is 1.99. The largest absolute Gasteiger partial charge is 0.494 e. The number of carbonyl (C=O) groups is 2. The van der Waals surface area contributed by atoms with E-state index in [1.165, 1.54) is 6.08 Å². The average Bonchev–Trinajstić information content (AvgIpc) is 3.23. The molecule has 28 heavy (non-hydrogen) atoms. The van der Waals surface area contributed by atoms with Crippen LogP contribution in [0.3, 0.4) is 0 Å². The number of ketones is 1. The number of hydrogen-bond donors (Lipinski definition) is 1. The first kappa shape index (κ1) is 17.9. The molecule has 0 aliphatic heterocycles. The number of carboxylic acids is 1. The molecule has 2 aromatic carbocycles. The highest BCUT2D eigenvalue weighted by atomic mass is 16.5. The van der Waals surface area contributed by atoms with Gasteiger partial charge in [0.05, 0.1) is 7.11 Å². The average molecular weight is 377 g/mol. The van der Waals surface area contributed by atoms with E-state index in [-0.39, 0.29) is 5.78 Å². The molecule has 1 N–H and O–H groups in total. The molecule has 0 saturated heterocycles. The lowest BCUT2D eigenvalue weighted by molar-refractivity contribution is -0.131. The molecule has 0 spiro atoms. The second-order valence-corrected chi connectivity index (χ2v) is 6.86. The normalized spacial score (nSPS) is 13.8. The number of aliphatic carboxylic acids is 1. The number of benzene rings is 2. The monoisotopic (exact) mass is 377 g/mol. The Labute approximate surface area is 161 Å². The van der Waals surface area contributed by atoms with E-state index in [1.807, 2.05) is 19.1 Å². The van der Waals surface area contributed by atoms with E-state index in [1.54, 1.807) is 31.0 Å². The van der Waals surface area contributed by atoms with Crippen LogP contribution in [-0.2, 0) is 18.3 Å². The summed E-state index contributed by atoms with van der Waals surface area (Å²) >= 11 is 0. The predicted molar refractivity (Wildman–Crippen MR) is 104 cm³/mol. The van der Waals surface area contributed by atoms with Crippen molar-refractivity contribution in [2.24, 2.45) is 7.05 Å². The zero-order valence-electron chi connectivity index (χ0n) is 15.8. The maximum atomic E-state index is 12.3. The number of nitrogens with zero attached hydrogens (tertiary/aromatic N) is 3. The summed E-state index contributed by atoms with van der Waals surface area (Å²) in [6.45, 7) is 1.90. The lowest BCUT2D eigenvalue weighted by atomic mass is 9.89. The fraction of sp³-hybridized carbons (Fsp3) is 0.238. The standard InChI is InChI=1S/C21H19N3O4/c1-11-4-5-13(14-6-7-17(25)20(11)14)15(10-19(26)27)12-8-16-21(18(9-12)28-3)24(2)23-22-16/h4-5,8-10H,6-7H2,1-3H3,(H,26,27). The molecular weight excluding hydrogens is 358 g/mol. The Morgan fingerprint density at radius 3 is 2.79 bits per heavy atom. The van der Waals surface area contributed by atoms with Crippen molar-refractivity contribution in [3.8, 4) is 5.75 Å². The van der Waals surface area contributed by atoms with Crippen LogP contribution in [-0.4, -0.2) is 39.0 Å².